The molecule has 0 bridgehead atoms. The highest BCUT2D eigenvalue weighted by molar-refractivity contribution is 7.93. The average molecular weight is 693 g/mol. The first-order valence-electron chi connectivity index (χ1n) is 11.9. The van der Waals surface area contributed by atoms with Gasteiger partial charge in [0.25, 0.3) is 20.0 Å². The molecule has 0 aliphatic heterocycles. The lowest BCUT2D eigenvalue weighted by Gasteiger charge is -2.25. The minimum Gasteiger partial charge on any atom is -0.325 e. The number of carbonyl (C=O) groups excluding carboxylic acids is 1. The van der Waals surface area contributed by atoms with E-state index in [0.717, 1.165) is 28.6 Å². The van der Waals surface area contributed by atoms with E-state index in [1.54, 1.807) is 6.07 Å². The second-order valence-electron chi connectivity index (χ2n) is 8.79. The number of carbonyl (C=O) groups is 1. The van der Waals surface area contributed by atoms with Crippen molar-refractivity contribution in [3.63, 3.8) is 0 Å². The van der Waals surface area contributed by atoms with E-state index < -0.39 is 49.3 Å². The molecule has 43 heavy (non-hydrogen) atoms. The highest BCUT2D eigenvalue weighted by atomic mass is 35.5. The van der Waals surface area contributed by atoms with Gasteiger partial charge in [-0.15, -0.1) is 0 Å². The number of rotatable bonds is 9. The Kier molecular flexibility index (Phi) is 9.52. The van der Waals surface area contributed by atoms with Crippen molar-refractivity contribution < 1.29 is 34.8 Å². The maximum Gasteiger partial charge on any atom is 0.417 e. The topological polar surface area (TPSA) is 113 Å². The van der Waals surface area contributed by atoms with Crippen LogP contribution in [0.15, 0.2) is 101 Å². The molecule has 0 heterocycles. The molecule has 0 atom stereocenters. The Bertz CT molecular complexity index is 1880. The molecule has 4 aromatic rings. The lowest BCUT2D eigenvalue weighted by molar-refractivity contribution is -0.137. The zero-order valence-corrected chi connectivity index (χ0v) is 25.3. The first-order chi connectivity index (χ1) is 20.1. The molecule has 2 N–H and O–H groups in total. The van der Waals surface area contributed by atoms with Crippen LogP contribution in [0.25, 0.3) is 0 Å². The zero-order chi connectivity index (χ0) is 31.6. The molecule has 4 rings (SSSR count). The maximum atomic E-state index is 13.5. The van der Waals surface area contributed by atoms with Gasteiger partial charge < -0.3 is 5.32 Å². The van der Waals surface area contributed by atoms with E-state index in [2.05, 4.69) is 10.0 Å². The third-order valence-corrected chi connectivity index (χ3v) is 9.82. The molecular weight excluding hydrogens is 674 g/mol. The van der Waals surface area contributed by atoms with Crippen LogP contribution in [0.2, 0.25) is 15.1 Å². The summed E-state index contributed by atoms with van der Waals surface area (Å²) in [6, 6.07) is 18.7. The number of hydrogen-bond donors (Lipinski definition) is 2. The fraction of sp³-hybridized carbons (Fsp3) is 0.0741. The Morgan fingerprint density at radius 1 is 0.744 bits per heavy atom. The smallest absolute Gasteiger partial charge is 0.325 e. The molecule has 4 aromatic carbocycles. The van der Waals surface area contributed by atoms with Crippen LogP contribution in [0.5, 0.6) is 0 Å². The van der Waals surface area contributed by atoms with Crippen LogP contribution in [-0.4, -0.2) is 29.3 Å². The van der Waals surface area contributed by atoms with Gasteiger partial charge in [-0.1, -0.05) is 53.0 Å². The molecule has 0 saturated heterocycles. The molecule has 0 unspecified atom stereocenters. The number of nitrogens with zero attached hydrogens (tertiary/aromatic N) is 1. The summed E-state index contributed by atoms with van der Waals surface area (Å²) in [4.78, 5) is 12.6. The predicted molar refractivity (Wildman–Crippen MR) is 160 cm³/mol. The summed E-state index contributed by atoms with van der Waals surface area (Å²) in [5.41, 5.74) is -1.52. The van der Waals surface area contributed by atoms with Gasteiger partial charge in [0.1, 0.15) is 6.54 Å². The number of alkyl halides is 3. The fourth-order valence-corrected chi connectivity index (χ4v) is 6.93. The SMILES string of the molecule is O=C(CN(c1cc(Cl)ccc1Cl)S(=O)(=O)c1ccccc1)Nc1ccc(S(=O)(=O)Nc2ccc(Cl)c(C(F)(F)F)c2)cc1. The van der Waals surface area contributed by atoms with E-state index in [-0.39, 0.29) is 36.9 Å². The van der Waals surface area contributed by atoms with E-state index in [9.17, 15) is 34.8 Å². The number of halogens is 6. The Labute approximate surface area is 260 Å². The van der Waals surface area contributed by atoms with Gasteiger partial charge in [0.2, 0.25) is 5.91 Å². The van der Waals surface area contributed by atoms with Gasteiger partial charge in [-0.2, -0.15) is 13.2 Å². The molecule has 1 amide bonds. The van der Waals surface area contributed by atoms with Crippen LogP contribution in [0.3, 0.4) is 0 Å². The summed E-state index contributed by atoms with van der Waals surface area (Å²) in [6.07, 6.45) is -4.80. The number of benzene rings is 4. The summed E-state index contributed by atoms with van der Waals surface area (Å²) >= 11 is 17.9. The minimum absolute atomic E-state index is 0.0156. The fourth-order valence-electron chi connectivity index (χ4n) is 3.76. The number of anilines is 3. The van der Waals surface area contributed by atoms with Crippen molar-refractivity contribution in [3.05, 3.63) is 112 Å². The maximum absolute atomic E-state index is 13.5. The summed E-state index contributed by atoms with van der Waals surface area (Å²) in [5.74, 6) is -0.801. The van der Waals surface area contributed by atoms with Crippen molar-refractivity contribution in [1.82, 2.24) is 0 Å². The summed E-state index contributed by atoms with van der Waals surface area (Å²) in [5, 5.41) is 2.08. The van der Waals surface area contributed by atoms with Crippen molar-refractivity contribution in [2.24, 2.45) is 0 Å². The highest BCUT2D eigenvalue weighted by Crippen LogP contribution is 2.37. The standard InChI is InChI=1S/C27H19Cl3F3N3O5S2/c28-17-6-12-24(30)25(14-17)36(43(40,41)21-4-2-1-3-5-21)16-26(37)34-18-7-10-20(11-8-18)42(38,39)35-19-9-13-23(29)22(15-19)27(31,32)33/h1-15,35H,16H2,(H,34,37). The van der Waals surface area contributed by atoms with Crippen molar-refractivity contribution in [2.75, 3.05) is 20.9 Å². The monoisotopic (exact) mass is 691 g/mol. The molecule has 0 spiro atoms. The van der Waals surface area contributed by atoms with Crippen molar-refractivity contribution >= 4 is 77.8 Å². The van der Waals surface area contributed by atoms with Gasteiger partial charge in [-0.3, -0.25) is 13.8 Å². The zero-order valence-electron chi connectivity index (χ0n) is 21.4. The summed E-state index contributed by atoms with van der Waals surface area (Å²) < 4.78 is 94.8. The average Bonchev–Trinajstić information content (AvgIpc) is 2.94. The Hall–Kier alpha value is -3.49. The Morgan fingerprint density at radius 2 is 1.35 bits per heavy atom. The molecule has 226 valence electrons. The number of hydrogen-bond acceptors (Lipinski definition) is 5. The number of sulfonamides is 2. The first kappa shape index (κ1) is 32.4. The van der Waals surface area contributed by atoms with Crippen LogP contribution < -0.4 is 14.3 Å². The van der Waals surface area contributed by atoms with Gasteiger partial charge in [-0.05, 0) is 72.8 Å². The summed E-state index contributed by atoms with van der Waals surface area (Å²) in [6.45, 7) is -0.725. The second kappa shape index (κ2) is 12.6. The third-order valence-electron chi connectivity index (χ3n) is 5.77. The number of nitrogens with one attached hydrogen (secondary N) is 2. The quantitative estimate of drug-likeness (QED) is 0.191. The van der Waals surface area contributed by atoms with Crippen LogP contribution in [-0.2, 0) is 31.0 Å². The number of amides is 1. The molecule has 0 fully saturated rings. The van der Waals surface area contributed by atoms with Gasteiger partial charge in [0, 0.05) is 16.4 Å². The van der Waals surface area contributed by atoms with Crippen LogP contribution >= 0.6 is 34.8 Å². The van der Waals surface area contributed by atoms with Crippen LogP contribution in [0, 0.1) is 0 Å². The van der Waals surface area contributed by atoms with E-state index >= 15 is 0 Å². The first-order valence-corrected chi connectivity index (χ1v) is 16.0. The lowest BCUT2D eigenvalue weighted by Crippen LogP contribution is -2.38. The molecule has 0 saturated carbocycles. The van der Waals surface area contributed by atoms with Crippen molar-refractivity contribution in [3.8, 4) is 0 Å². The van der Waals surface area contributed by atoms with Crippen LogP contribution in [0.1, 0.15) is 5.56 Å². The molecule has 16 heteroatoms. The van der Waals surface area contributed by atoms with Crippen LogP contribution in [0.4, 0.5) is 30.2 Å². The Balaban J connectivity index is 1.54. The lowest BCUT2D eigenvalue weighted by atomic mass is 10.2. The molecule has 0 radical (unpaired) electrons. The van der Waals surface area contributed by atoms with Gasteiger partial charge >= 0.3 is 6.18 Å². The molecular formula is C27H19Cl3F3N3O5S2. The third kappa shape index (κ3) is 7.73. The highest BCUT2D eigenvalue weighted by Gasteiger charge is 2.34. The van der Waals surface area contributed by atoms with Gasteiger partial charge in [0.05, 0.1) is 31.1 Å². The predicted octanol–water partition coefficient (Wildman–Crippen LogP) is 7.30. The van der Waals surface area contributed by atoms with Gasteiger partial charge in [-0.25, -0.2) is 16.8 Å². The molecule has 0 aliphatic carbocycles. The normalized spacial score (nSPS) is 12.0. The van der Waals surface area contributed by atoms with E-state index in [4.69, 9.17) is 34.8 Å². The molecule has 0 aliphatic rings. The second-order valence-corrected chi connectivity index (χ2v) is 13.6. The van der Waals surface area contributed by atoms with E-state index in [0.29, 0.717) is 6.07 Å². The van der Waals surface area contributed by atoms with E-state index in [1.807, 2.05) is 0 Å². The molecule has 0 aromatic heterocycles. The van der Waals surface area contributed by atoms with Crippen molar-refractivity contribution in [2.45, 2.75) is 16.0 Å². The Morgan fingerprint density at radius 3 is 1.98 bits per heavy atom. The van der Waals surface area contributed by atoms with Crippen molar-refractivity contribution in [1.29, 1.82) is 0 Å². The van der Waals surface area contributed by atoms with E-state index in [1.165, 1.54) is 54.6 Å². The summed E-state index contributed by atoms with van der Waals surface area (Å²) in [7, 11) is -8.62. The van der Waals surface area contributed by atoms with Gasteiger partial charge in [0.15, 0.2) is 0 Å². The minimum atomic E-state index is -4.80. The molecule has 8 nitrogen and oxygen atoms in total. The largest absolute Gasteiger partial charge is 0.417 e.